The van der Waals surface area contributed by atoms with E-state index in [0.29, 0.717) is 0 Å². The fourth-order valence-electron chi connectivity index (χ4n) is 5.74. The summed E-state index contributed by atoms with van der Waals surface area (Å²) in [5, 5.41) is 2.53. The third-order valence-electron chi connectivity index (χ3n) is 7.26. The summed E-state index contributed by atoms with van der Waals surface area (Å²) in [6.45, 7) is 0. The first-order valence-electron chi connectivity index (χ1n) is 12.3. The van der Waals surface area contributed by atoms with Crippen molar-refractivity contribution in [2.75, 3.05) is 3.30 Å². The molecule has 5 heteroatoms. The van der Waals surface area contributed by atoms with Gasteiger partial charge < -0.3 is 0 Å². The maximum atomic E-state index is 8.25. The summed E-state index contributed by atoms with van der Waals surface area (Å²) in [5.41, 5.74) is 6.15. The molecule has 1 aliphatic rings. The number of para-hydroxylation sites is 1. The van der Waals surface area contributed by atoms with E-state index in [0.717, 1.165) is 15.4 Å². The average Bonchev–Trinajstić information content (AvgIpc) is 3.29. The normalized spacial score (nSPS) is 13.5. The molecule has 0 unspecified atom stereocenters. The van der Waals surface area contributed by atoms with Gasteiger partial charge in [-0.1, -0.05) is 0 Å². The van der Waals surface area contributed by atoms with Gasteiger partial charge in [0.2, 0.25) is 0 Å². The molecule has 0 bridgehead atoms. The molecule has 1 nitrogen and oxygen atoms in total. The first kappa shape index (κ1) is 23.9. The van der Waals surface area contributed by atoms with E-state index in [1.54, 1.807) is 0 Å². The second kappa shape index (κ2) is 9.46. The Morgan fingerprint density at radius 1 is 0.556 bits per heavy atom. The molecular weight excluding hydrogens is 664 g/mol. The van der Waals surface area contributed by atoms with Crippen molar-refractivity contribution in [3.8, 4) is 11.1 Å². The van der Waals surface area contributed by atoms with Crippen LogP contribution in [0, 0.1) is 0 Å². The number of nitrogens with one attached hydrogen (secondary N) is 1. The van der Waals surface area contributed by atoms with Gasteiger partial charge in [0.05, 0.1) is 0 Å². The van der Waals surface area contributed by atoms with E-state index in [2.05, 4.69) is 119 Å². The number of rotatable bonds is 6. The average molecular weight is 690 g/mol. The molecule has 0 heterocycles. The molecule has 0 saturated heterocycles. The standard InChI is InChI=1S/C13H9.C12H11Si.C6H6N.2ClH.Hf/c1-3-7-12-10(5-1)9-11-6-2-4-8-13(11)12;1-3-7-11(8-4-1)13-12-9-5-2-6-10-12;7-6-4-2-1-3-5-6;;;/h1-5,7-8H,9H2;1-10,13H;1-5,7H;2*1H;/q;;-1;;;+3/p-2. The third kappa shape index (κ3) is 4.12. The van der Waals surface area contributed by atoms with Crippen molar-refractivity contribution in [2.24, 2.45) is 0 Å². The number of halogens is 2. The first-order chi connectivity index (χ1) is 17.5. The quantitative estimate of drug-likeness (QED) is 0.199. The molecular formula is C31H26Cl2HfNSi. The summed E-state index contributed by atoms with van der Waals surface area (Å²) in [4.78, 5) is 0. The van der Waals surface area contributed by atoms with Crippen LogP contribution >= 0.6 is 17.2 Å². The second-order valence-corrected chi connectivity index (χ2v) is 58.4. The van der Waals surface area contributed by atoms with Crippen LogP contribution in [-0.2, 0) is 22.0 Å². The molecule has 0 atom stereocenters. The van der Waals surface area contributed by atoms with Crippen LogP contribution in [-0.4, -0.2) is 5.98 Å². The molecule has 0 spiro atoms. The van der Waals surface area contributed by atoms with Crippen LogP contribution in [0.1, 0.15) is 11.1 Å². The molecule has 5 aromatic carbocycles. The SMILES string of the molecule is [Cl][Hf]([Cl])([NH]c1ccccc1)([c]1cccc2c1Cc1ccccc1-2)[SiH](c1ccccc1)c1ccccc1. The Kier molecular flexibility index (Phi) is 6.29. The van der Waals surface area contributed by atoms with Gasteiger partial charge in [0, 0.05) is 0 Å². The molecule has 1 N–H and O–H groups in total. The molecule has 5 aromatic rings. The maximum absolute atomic E-state index is 8.25. The van der Waals surface area contributed by atoms with Crippen molar-refractivity contribution in [3.63, 3.8) is 0 Å². The third-order valence-corrected chi connectivity index (χ3v) is 55.7. The van der Waals surface area contributed by atoms with E-state index in [4.69, 9.17) is 17.2 Å². The number of fused-ring (bicyclic) bond motifs is 3. The Morgan fingerprint density at radius 3 is 1.72 bits per heavy atom. The van der Waals surface area contributed by atoms with Crippen molar-refractivity contribution in [1.29, 1.82) is 0 Å². The van der Waals surface area contributed by atoms with Crippen LogP contribution < -0.4 is 17.0 Å². The summed E-state index contributed by atoms with van der Waals surface area (Å²) in [6.07, 6.45) is 0.856. The zero-order valence-corrected chi connectivity index (χ0v) is 26.0. The Morgan fingerprint density at radius 2 is 1.08 bits per heavy atom. The summed E-state index contributed by atoms with van der Waals surface area (Å²) in [7, 11) is 16.5. The zero-order valence-electron chi connectivity index (χ0n) is 19.7. The Balaban J connectivity index is 1.66. The van der Waals surface area contributed by atoms with Crippen molar-refractivity contribution >= 4 is 42.5 Å². The fourth-order valence-corrected chi connectivity index (χ4v) is 58.5. The minimum absolute atomic E-state index is 0.856. The van der Waals surface area contributed by atoms with Crippen molar-refractivity contribution in [1.82, 2.24) is 0 Å². The second-order valence-electron chi connectivity index (χ2n) is 9.49. The summed E-state index contributed by atoms with van der Waals surface area (Å²) in [5.74, 6) is -2.18. The zero-order chi connectivity index (χ0) is 24.6. The number of hydrogen-bond donors (Lipinski definition) is 1. The first-order valence-corrected chi connectivity index (χ1v) is 32.7. The number of hydrogen-bond acceptors (Lipinski definition) is 1. The van der Waals surface area contributed by atoms with Crippen molar-refractivity contribution < 1.29 is 15.6 Å². The van der Waals surface area contributed by atoms with E-state index in [1.807, 2.05) is 18.2 Å². The Hall–Kier alpha value is -2.43. The van der Waals surface area contributed by atoms with E-state index in [1.165, 1.54) is 32.6 Å². The van der Waals surface area contributed by atoms with E-state index in [9.17, 15) is 0 Å². The molecule has 0 aliphatic heterocycles. The Labute approximate surface area is 222 Å². The molecule has 177 valence electrons. The predicted molar refractivity (Wildman–Crippen MR) is 155 cm³/mol. The van der Waals surface area contributed by atoms with Crippen LogP contribution in [0.25, 0.3) is 11.1 Å². The minimum atomic E-state index is -5.25. The van der Waals surface area contributed by atoms with Gasteiger partial charge in [0.15, 0.2) is 0 Å². The van der Waals surface area contributed by atoms with Crippen LogP contribution in [0.15, 0.2) is 133 Å². The monoisotopic (exact) mass is 690 g/mol. The van der Waals surface area contributed by atoms with Crippen molar-refractivity contribution in [3.05, 3.63) is 145 Å². The van der Waals surface area contributed by atoms with Crippen LogP contribution in [0.5, 0.6) is 0 Å². The van der Waals surface area contributed by atoms with Gasteiger partial charge >= 0.3 is 224 Å². The molecule has 0 radical (unpaired) electrons. The van der Waals surface area contributed by atoms with Gasteiger partial charge in [-0.2, -0.15) is 0 Å². The van der Waals surface area contributed by atoms with E-state index >= 15 is 0 Å². The van der Waals surface area contributed by atoms with Gasteiger partial charge in [-0.3, -0.25) is 0 Å². The van der Waals surface area contributed by atoms with Crippen LogP contribution in [0.4, 0.5) is 5.69 Å². The molecule has 0 aromatic heterocycles. The molecule has 36 heavy (non-hydrogen) atoms. The fraction of sp³-hybridized carbons (Fsp3) is 0.0323. The number of benzene rings is 5. The molecule has 0 fully saturated rings. The van der Waals surface area contributed by atoms with E-state index in [-0.39, 0.29) is 0 Å². The van der Waals surface area contributed by atoms with Crippen LogP contribution in [0.3, 0.4) is 0 Å². The summed E-state index contributed by atoms with van der Waals surface area (Å²) < 4.78 is 5.06. The molecule has 1 aliphatic carbocycles. The topological polar surface area (TPSA) is 12.0 Å². The molecule has 0 saturated carbocycles. The van der Waals surface area contributed by atoms with Gasteiger partial charge in [0.25, 0.3) is 0 Å². The molecule has 6 rings (SSSR count). The number of anilines is 1. The van der Waals surface area contributed by atoms with Gasteiger partial charge in [-0.25, -0.2) is 0 Å². The van der Waals surface area contributed by atoms with Crippen molar-refractivity contribution in [2.45, 2.75) is 6.42 Å². The van der Waals surface area contributed by atoms with Crippen LogP contribution in [0.2, 0.25) is 0 Å². The van der Waals surface area contributed by atoms with E-state index < -0.39 is 21.6 Å². The van der Waals surface area contributed by atoms with Gasteiger partial charge in [0.1, 0.15) is 0 Å². The summed E-state index contributed by atoms with van der Waals surface area (Å²) in [6, 6.07) is 47.0. The van der Waals surface area contributed by atoms with Gasteiger partial charge in [-0.05, 0) is 0 Å². The Bertz CT molecular complexity index is 1490. The van der Waals surface area contributed by atoms with Gasteiger partial charge in [-0.15, -0.1) is 0 Å². The molecule has 0 amide bonds. The predicted octanol–water partition coefficient (Wildman–Crippen LogP) is 6.45. The summed E-state index contributed by atoms with van der Waals surface area (Å²) >= 11 is -5.25.